The van der Waals surface area contributed by atoms with Crippen LogP contribution in [0.5, 0.6) is 0 Å². The van der Waals surface area contributed by atoms with Crippen LogP contribution in [0.2, 0.25) is 0 Å². The first kappa shape index (κ1) is 42.9. The number of nitrogens with one attached hydrogen (secondary N) is 2. The summed E-state index contributed by atoms with van der Waals surface area (Å²) in [6, 6.07) is -3.38. The molecule has 0 aliphatic carbocycles. The van der Waals surface area contributed by atoms with Gasteiger partial charge < -0.3 is 105 Å². The van der Waals surface area contributed by atoms with Gasteiger partial charge in [-0.25, -0.2) is 9.59 Å². The van der Waals surface area contributed by atoms with Crippen LogP contribution in [0.4, 0.5) is 0 Å². The van der Waals surface area contributed by atoms with E-state index in [2.05, 4.69) is 10.6 Å². The lowest BCUT2D eigenvalue weighted by atomic mass is 9.94. The number of hydrogen-bond acceptors (Lipinski definition) is 21. The number of carbonyl (C=O) groups is 4. The van der Waals surface area contributed by atoms with E-state index in [1.165, 1.54) is 0 Å². The van der Waals surface area contributed by atoms with Crippen molar-refractivity contribution in [3.8, 4) is 0 Å². The van der Waals surface area contributed by atoms with E-state index < -0.39 is 160 Å². The van der Waals surface area contributed by atoms with Gasteiger partial charge >= 0.3 is 11.9 Å². The molecule has 4 rings (SSSR count). The summed E-state index contributed by atoms with van der Waals surface area (Å²) in [6.07, 6.45) is -36.5. The summed E-state index contributed by atoms with van der Waals surface area (Å²) in [6.45, 7) is 0.116. The number of hydrogen-bond donors (Lipinski definition) is 14. The Bertz CT molecular complexity index is 1300. The normalized spacial score (nSPS) is 46.3. The molecule has 20 atom stereocenters. The van der Waals surface area contributed by atoms with E-state index in [0.717, 1.165) is 13.8 Å². The zero-order chi connectivity index (χ0) is 39.6. The third kappa shape index (κ3) is 9.19. The van der Waals surface area contributed by atoms with Crippen LogP contribution in [0.1, 0.15) is 13.8 Å². The fourth-order valence-electron chi connectivity index (χ4n) is 6.30. The Hall–Kier alpha value is -2.80. The van der Waals surface area contributed by atoms with Crippen LogP contribution in [-0.4, -0.2) is 221 Å². The lowest BCUT2D eigenvalue weighted by molar-refractivity contribution is -0.368. The van der Waals surface area contributed by atoms with Crippen LogP contribution >= 0.6 is 0 Å². The van der Waals surface area contributed by atoms with Crippen molar-refractivity contribution >= 4 is 23.8 Å². The van der Waals surface area contributed by atoms with E-state index in [0.29, 0.717) is 0 Å². The molecule has 14 N–H and O–H groups in total. The van der Waals surface area contributed by atoms with Crippen molar-refractivity contribution in [3.63, 3.8) is 0 Å². The lowest BCUT2D eigenvalue weighted by Gasteiger charge is -2.49. The maximum absolute atomic E-state index is 12.5. The van der Waals surface area contributed by atoms with Gasteiger partial charge in [0.2, 0.25) is 11.8 Å². The molecule has 0 spiro atoms. The molecule has 0 aromatic heterocycles. The van der Waals surface area contributed by atoms with E-state index in [4.69, 9.17) is 33.2 Å². The number of ether oxygens (including phenoxy) is 7. The van der Waals surface area contributed by atoms with Gasteiger partial charge in [-0.2, -0.15) is 0 Å². The van der Waals surface area contributed by atoms with Gasteiger partial charge in [0.15, 0.2) is 37.4 Å². The van der Waals surface area contributed by atoms with Crippen molar-refractivity contribution < 1.29 is 114 Å². The van der Waals surface area contributed by atoms with E-state index in [1.807, 2.05) is 0 Å². The first-order valence-corrected chi connectivity index (χ1v) is 16.1. The second kappa shape index (κ2) is 17.8. The number of carboxylic acids is 2. The molecule has 4 fully saturated rings. The Morgan fingerprint density at radius 1 is 0.509 bits per heavy atom. The topological polar surface area (TPSA) is 400 Å². The Balaban J connectivity index is 1.62. The molecule has 4 aliphatic heterocycles. The minimum Gasteiger partial charge on any atom is -0.479 e. The van der Waals surface area contributed by atoms with E-state index in [9.17, 15) is 80.5 Å². The lowest BCUT2D eigenvalue weighted by Crippen LogP contribution is -2.70. The highest BCUT2D eigenvalue weighted by molar-refractivity contribution is 5.74. The van der Waals surface area contributed by atoms with Crippen molar-refractivity contribution in [2.75, 3.05) is 13.2 Å². The van der Waals surface area contributed by atoms with E-state index >= 15 is 0 Å². The standard InChI is InChI=1S/C28H44N2O23/c1-5(33)29-9-18(11(35)7(3-31)47-25(9)46)49-28-17(41)15(39)20(22(53-28)24(44)45)51-26-10(30-6(2)34)19(12(36)8(4-32)48-26)50-27-16(40)13(37)14(38)21(52-27)23(42)43/h7-22,25-28,31-32,35-41,46H,3-4H2,1-2H3,(H,29,33)(H,30,34)(H,42,43)(H,44,45)/t7-,8-,9-,10-,11-,12-,13+,14+,15-,16-,17-,18-,19-,20+,21+,22+,25+,26+,27-,28-/m1/s1. The van der Waals surface area contributed by atoms with Crippen LogP contribution in [-0.2, 0) is 52.3 Å². The van der Waals surface area contributed by atoms with Crippen LogP contribution in [0.25, 0.3) is 0 Å². The fourth-order valence-corrected chi connectivity index (χ4v) is 6.30. The second-order valence-electron chi connectivity index (χ2n) is 12.7. The van der Waals surface area contributed by atoms with Crippen molar-refractivity contribution in [2.24, 2.45) is 0 Å². The maximum Gasteiger partial charge on any atom is 0.335 e. The number of amides is 2. The first-order chi connectivity index (χ1) is 24.8. The molecule has 4 aliphatic rings. The van der Waals surface area contributed by atoms with Gasteiger partial charge in [0.1, 0.15) is 85.3 Å². The molecular weight excluding hydrogens is 732 g/mol. The first-order valence-electron chi connectivity index (χ1n) is 16.1. The molecule has 53 heavy (non-hydrogen) atoms. The third-order valence-corrected chi connectivity index (χ3v) is 8.94. The predicted octanol–water partition coefficient (Wildman–Crippen LogP) is -9.28. The number of carboxylic acid groups (broad SMARTS) is 2. The number of aliphatic hydroxyl groups is 10. The molecule has 0 saturated carbocycles. The second-order valence-corrected chi connectivity index (χ2v) is 12.7. The minimum atomic E-state index is -2.30. The van der Waals surface area contributed by atoms with Crippen LogP contribution in [0.15, 0.2) is 0 Å². The van der Waals surface area contributed by atoms with E-state index in [1.54, 1.807) is 0 Å². The molecule has 0 aromatic carbocycles. The largest absolute Gasteiger partial charge is 0.479 e. The predicted molar refractivity (Wildman–Crippen MR) is 158 cm³/mol. The molecular formula is C28H44N2O23. The van der Waals surface area contributed by atoms with Crippen molar-refractivity contribution in [2.45, 2.75) is 137 Å². The van der Waals surface area contributed by atoms with E-state index in [-0.39, 0.29) is 0 Å². The Kier molecular flexibility index (Phi) is 14.4. The fraction of sp³-hybridized carbons (Fsp3) is 0.857. The summed E-state index contributed by atoms with van der Waals surface area (Å²) < 4.78 is 38.0. The Morgan fingerprint density at radius 2 is 0.943 bits per heavy atom. The number of aliphatic carboxylic acids is 2. The smallest absolute Gasteiger partial charge is 0.335 e. The average molecular weight is 777 g/mol. The molecule has 304 valence electrons. The number of rotatable bonds is 12. The molecule has 25 nitrogen and oxygen atoms in total. The van der Waals surface area contributed by atoms with Gasteiger partial charge in [-0.15, -0.1) is 0 Å². The van der Waals surface area contributed by atoms with Gasteiger partial charge in [0.25, 0.3) is 0 Å². The van der Waals surface area contributed by atoms with Gasteiger partial charge in [-0.1, -0.05) is 0 Å². The van der Waals surface area contributed by atoms with Gasteiger partial charge in [-0.05, 0) is 0 Å². The average Bonchev–Trinajstić information content (AvgIpc) is 3.08. The van der Waals surface area contributed by atoms with Crippen molar-refractivity contribution in [1.29, 1.82) is 0 Å². The highest BCUT2D eigenvalue weighted by Gasteiger charge is 2.57. The molecule has 4 heterocycles. The summed E-state index contributed by atoms with van der Waals surface area (Å²) in [5, 5.41) is 129. The summed E-state index contributed by atoms with van der Waals surface area (Å²) in [4.78, 5) is 48.2. The summed E-state index contributed by atoms with van der Waals surface area (Å²) in [5.41, 5.74) is 0. The zero-order valence-electron chi connectivity index (χ0n) is 27.8. The molecule has 0 aromatic rings. The molecule has 25 heteroatoms. The summed E-state index contributed by atoms with van der Waals surface area (Å²) in [7, 11) is 0. The summed E-state index contributed by atoms with van der Waals surface area (Å²) in [5.74, 6) is -5.28. The van der Waals surface area contributed by atoms with Crippen LogP contribution in [0.3, 0.4) is 0 Å². The molecule has 4 saturated heterocycles. The quantitative estimate of drug-likeness (QED) is 0.0875. The number of aliphatic hydroxyl groups excluding tert-OH is 10. The summed E-state index contributed by atoms with van der Waals surface area (Å²) >= 11 is 0. The van der Waals surface area contributed by atoms with Gasteiger partial charge in [-0.3, -0.25) is 9.59 Å². The third-order valence-electron chi connectivity index (χ3n) is 8.94. The van der Waals surface area contributed by atoms with Crippen LogP contribution < -0.4 is 10.6 Å². The Morgan fingerprint density at radius 3 is 1.43 bits per heavy atom. The highest BCUT2D eigenvalue weighted by Crippen LogP contribution is 2.34. The Labute approximate surface area is 298 Å². The molecule has 0 radical (unpaired) electrons. The van der Waals surface area contributed by atoms with Crippen molar-refractivity contribution in [3.05, 3.63) is 0 Å². The molecule has 0 bridgehead atoms. The van der Waals surface area contributed by atoms with Gasteiger partial charge in [0, 0.05) is 13.8 Å². The molecule has 2 amide bonds. The monoisotopic (exact) mass is 776 g/mol. The number of carbonyl (C=O) groups excluding carboxylic acids is 2. The maximum atomic E-state index is 12.5. The SMILES string of the molecule is CC(=O)N[C@@H]1[C@@H](O[C@@H]2O[C@H](C(=O)O)[C@@H](O[C@@H]3O[C@H](CO)[C@@H](O)[C@H](O[C@@H]4O[C@H](C(=O)O)[C@@H](O)[C@H](O)[C@H]4O)[C@H]3NC(C)=O)[C@H](O)[C@H]2O)[C@H](O)[C@@H](CO)O[C@@H]1O. The van der Waals surface area contributed by atoms with Crippen molar-refractivity contribution in [1.82, 2.24) is 10.6 Å². The molecule has 0 unspecified atom stereocenters. The van der Waals surface area contributed by atoms with Gasteiger partial charge in [0.05, 0.1) is 13.2 Å². The minimum absolute atomic E-state index is 0.752. The highest BCUT2D eigenvalue weighted by atomic mass is 16.8. The van der Waals surface area contributed by atoms with Crippen LogP contribution in [0, 0.1) is 0 Å². The zero-order valence-corrected chi connectivity index (χ0v) is 27.8.